The maximum atomic E-state index is 13.5. The summed E-state index contributed by atoms with van der Waals surface area (Å²) in [6.45, 7) is -0.361. The molecule has 12 nitrogen and oxygen atoms in total. The number of carbonyl (C=O) groups is 3. The van der Waals surface area contributed by atoms with Crippen molar-refractivity contribution in [3.05, 3.63) is 129 Å². The number of anilines is 2. The highest BCUT2D eigenvalue weighted by molar-refractivity contribution is 6.04. The number of ether oxygens (including phenoxy) is 1. The van der Waals surface area contributed by atoms with Crippen LogP contribution < -0.4 is 25.8 Å². The zero-order chi connectivity index (χ0) is 30.9. The van der Waals surface area contributed by atoms with E-state index in [1.807, 2.05) is 30.3 Å². The predicted molar refractivity (Wildman–Crippen MR) is 160 cm³/mol. The summed E-state index contributed by atoms with van der Waals surface area (Å²) in [5.74, 6) is -0.824. The van der Waals surface area contributed by atoms with Gasteiger partial charge >= 0.3 is 0 Å². The molecule has 0 saturated carbocycles. The summed E-state index contributed by atoms with van der Waals surface area (Å²) in [6.07, 6.45) is 1.58. The van der Waals surface area contributed by atoms with Crippen molar-refractivity contribution in [2.45, 2.75) is 19.0 Å². The minimum absolute atomic E-state index is 0.155. The van der Waals surface area contributed by atoms with Crippen molar-refractivity contribution >= 4 is 34.8 Å². The van der Waals surface area contributed by atoms with Gasteiger partial charge in [-0.05, 0) is 48.0 Å². The second-order valence-electron chi connectivity index (χ2n) is 9.54. The monoisotopic (exact) mass is 583 g/mol. The molecule has 43 heavy (non-hydrogen) atoms. The number of rotatable bonds is 11. The fraction of sp³-hybridized carbons (Fsp3) is 0.161. The van der Waals surface area contributed by atoms with Crippen LogP contribution in [0.15, 0.2) is 102 Å². The Kier molecular flexibility index (Phi) is 9.63. The molecule has 0 saturated heterocycles. The minimum atomic E-state index is -0.919. The van der Waals surface area contributed by atoms with E-state index in [0.29, 0.717) is 11.4 Å². The summed E-state index contributed by atoms with van der Waals surface area (Å²) >= 11 is 0. The molecule has 1 aromatic heterocycles. The zero-order valence-corrected chi connectivity index (χ0v) is 23.4. The second-order valence-corrected chi connectivity index (χ2v) is 9.54. The third kappa shape index (κ3) is 7.91. The van der Waals surface area contributed by atoms with E-state index >= 15 is 0 Å². The minimum Gasteiger partial charge on any atom is -0.497 e. The lowest BCUT2D eigenvalue weighted by atomic mass is 10.0. The van der Waals surface area contributed by atoms with Crippen molar-refractivity contribution in [1.82, 2.24) is 9.88 Å². The number of pyridine rings is 1. The first-order chi connectivity index (χ1) is 20.6. The maximum Gasteiger partial charge on any atom is 0.269 e. The highest BCUT2D eigenvalue weighted by Crippen LogP contribution is 2.20. The number of hydrogen-bond acceptors (Lipinski definition) is 7. The topological polar surface area (TPSA) is 153 Å². The molecule has 0 aliphatic carbocycles. The van der Waals surface area contributed by atoms with Crippen LogP contribution in [0, 0.1) is 10.1 Å². The van der Waals surface area contributed by atoms with Crippen LogP contribution in [0.1, 0.15) is 15.9 Å². The van der Waals surface area contributed by atoms with E-state index < -0.39 is 28.3 Å². The molecule has 0 radical (unpaired) electrons. The molecule has 3 amide bonds. The highest BCUT2D eigenvalue weighted by atomic mass is 16.6. The van der Waals surface area contributed by atoms with E-state index in [4.69, 9.17) is 4.74 Å². The van der Waals surface area contributed by atoms with Crippen LogP contribution in [-0.4, -0.2) is 47.4 Å². The first-order valence-electron chi connectivity index (χ1n) is 13.2. The van der Waals surface area contributed by atoms with Gasteiger partial charge in [-0.15, -0.1) is 0 Å². The van der Waals surface area contributed by atoms with Crippen LogP contribution in [0.4, 0.5) is 17.1 Å². The number of nitro benzene ring substituents is 1. The first-order valence-corrected chi connectivity index (χ1v) is 13.2. The number of nitrogens with one attached hydrogen (secondary N) is 2. The Morgan fingerprint density at radius 3 is 2.26 bits per heavy atom. The van der Waals surface area contributed by atoms with Gasteiger partial charge in [0.05, 0.1) is 12.0 Å². The molecule has 2 N–H and O–H groups in total. The Hall–Kier alpha value is -5.78. The summed E-state index contributed by atoms with van der Waals surface area (Å²) in [7, 11) is 3.16. The van der Waals surface area contributed by atoms with Gasteiger partial charge in [0, 0.05) is 54.8 Å². The van der Waals surface area contributed by atoms with Gasteiger partial charge in [0.25, 0.3) is 17.2 Å². The molecular formula is C31H29N5O7. The van der Waals surface area contributed by atoms with E-state index in [1.165, 1.54) is 41.4 Å². The molecule has 220 valence electrons. The van der Waals surface area contributed by atoms with Crippen LogP contribution in [0.25, 0.3) is 0 Å². The van der Waals surface area contributed by atoms with Gasteiger partial charge in [-0.1, -0.05) is 30.3 Å². The van der Waals surface area contributed by atoms with Crippen molar-refractivity contribution < 1.29 is 24.0 Å². The van der Waals surface area contributed by atoms with Gasteiger partial charge in [-0.25, -0.2) is 0 Å². The lowest BCUT2D eigenvalue weighted by Crippen LogP contribution is -2.50. The van der Waals surface area contributed by atoms with E-state index in [0.717, 1.165) is 16.2 Å². The summed E-state index contributed by atoms with van der Waals surface area (Å²) in [4.78, 5) is 63.5. The van der Waals surface area contributed by atoms with E-state index in [1.54, 1.807) is 38.4 Å². The number of nitro groups is 1. The van der Waals surface area contributed by atoms with Crippen LogP contribution in [0.5, 0.6) is 5.75 Å². The summed E-state index contributed by atoms with van der Waals surface area (Å²) < 4.78 is 6.33. The van der Waals surface area contributed by atoms with E-state index in [2.05, 4.69) is 10.6 Å². The highest BCUT2D eigenvalue weighted by Gasteiger charge is 2.25. The molecule has 0 aliphatic heterocycles. The number of benzene rings is 3. The SMILES string of the molecule is COc1ccc(N(C)C(=O)C(Cc2ccccc2)NC(=O)Cn2ccc(NC(=O)c3ccc([N+](=O)[O-])cc3)cc2=O)cc1. The lowest BCUT2D eigenvalue weighted by molar-refractivity contribution is -0.384. The number of aromatic nitrogens is 1. The van der Waals surface area contributed by atoms with Crippen molar-refractivity contribution in [2.24, 2.45) is 0 Å². The second kappa shape index (κ2) is 13.7. The summed E-state index contributed by atoms with van der Waals surface area (Å²) in [5.41, 5.74) is 1.09. The fourth-order valence-corrected chi connectivity index (χ4v) is 4.27. The van der Waals surface area contributed by atoms with Gasteiger partial charge in [0.2, 0.25) is 11.8 Å². The van der Waals surface area contributed by atoms with Gasteiger partial charge in [0.15, 0.2) is 0 Å². The van der Waals surface area contributed by atoms with Crippen LogP contribution in [-0.2, 0) is 22.6 Å². The van der Waals surface area contributed by atoms with Crippen molar-refractivity contribution in [3.63, 3.8) is 0 Å². The zero-order valence-electron chi connectivity index (χ0n) is 23.4. The van der Waals surface area contributed by atoms with Gasteiger partial charge < -0.3 is 24.8 Å². The Morgan fingerprint density at radius 2 is 1.65 bits per heavy atom. The molecule has 1 atom stereocenters. The summed E-state index contributed by atoms with van der Waals surface area (Å²) in [6, 6.07) is 22.9. The van der Waals surface area contributed by atoms with Crippen molar-refractivity contribution in [3.8, 4) is 5.75 Å². The number of non-ortho nitro benzene ring substituents is 1. The summed E-state index contributed by atoms with van der Waals surface area (Å²) in [5, 5.41) is 16.1. The predicted octanol–water partition coefficient (Wildman–Crippen LogP) is 3.41. The molecule has 1 unspecified atom stereocenters. The number of amides is 3. The normalized spacial score (nSPS) is 11.2. The molecule has 1 heterocycles. The number of methoxy groups -OCH3 is 1. The van der Waals surface area contributed by atoms with Crippen molar-refractivity contribution in [2.75, 3.05) is 24.4 Å². The molecule has 4 aromatic rings. The number of hydrogen-bond donors (Lipinski definition) is 2. The molecule has 12 heteroatoms. The first kappa shape index (κ1) is 30.2. The van der Waals surface area contributed by atoms with Crippen LogP contribution in [0.2, 0.25) is 0 Å². The molecule has 0 bridgehead atoms. The number of carbonyl (C=O) groups excluding carboxylic acids is 3. The number of likely N-dealkylation sites (N-methyl/N-ethyl adjacent to an activating group) is 1. The molecule has 0 fully saturated rings. The van der Waals surface area contributed by atoms with Crippen LogP contribution >= 0.6 is 0 Å². The Bertz CT molecular complexity index is 1670. The third-order valence-corrected chi connectivity index (χ3v) is 6.61. The molecule has 3 aromatic carbocycles. The largest absolute Gasteiger partial charge is 0.497 e. The fourth-order valence-electron chi connectivity index (χ4n) is 4.27. The van der Waals surface area contributed by atoms with Gasteiger partial charge in [0.1, 0.15) is 18.3 Å². The van der Waals surface area contributed by atoms with E-state index in [9.17, 15) is 29.3 Å². The standard InChI is InChI=1S/C31H29N5O7/c1-34(24-12-14-26(43-2)15-13-24)31(40)27(18-21-6-4-3-5-7-21)33-28(37)20-35-17-16-23(19-29(35)38)32-30(39)22-8-10-25(11-9-22)36(41)42/h3-17,19,27H,18,20H2,1-2H3,(H,32,39)(H,33,37). The molecule has 4 rings (SSSR count). The maximum absolute atomic E-state index is 13.5. The van der Waals surface area contributed by atoms with Crippen molar-refractivity contribution in [1.29, 1.82) is 0 Å². The lowest BCUT2D eigenvalue weighted by Gasteiger charge is -2.25. The van der Waals surface area contributed by atoms with E-state index in [-0.39, 0.29) is 35.8 Å². The Balaban J connectivity index is 1.44. The molecular weight excluding hydrogens is 554 g/mol. The average Bonchev–Trinajstić information content (AvgIpc) is 3.02. The Labute approximate surface area is 246 Å². The number of nitrogens with zero attached hydrogens (tertiary/aromatic N) is 3. The third-order valence-electron chi connectivity index (χ3n) is 6.61. The van der Waals surface area contributed by atoms with Gasteiger partial charge in [-0.3, -0.25) is 29.3 Å². The smallest absolute Gasteiger partial charge is 0.269 e. The molecule has 0 spiro atoms. The van der Waals surface area contributed by atoms with Gasteiger partial charge in [-0.2, -0.15) is 0 Å². The van der Waals surface area contributed by atoms with Crippen LogP contribution in [0.3, 0.4) is 0 Å². The molecule has 0 aliphatic rings. The quantitative estimate of drug-likeness (QED) is 0.203. The average molecular weight is 584 g/mol. The Morgan fingerprint density at radius 1 is 0.977 bits per heavy atom.